The van der Waals surface area contributed by atoms with Gasteiger partial charge in [-0.25, -0.2) is 0 Å². The minimum atomic E-state index is -5.18. The molecule has 0 bridgehead atoms. The summed E-state index contributed by atoms with van der Waals surface area (Å²) in [5.41, 5.74) is -0.770. The Labute approximate surface area is 260 Å². The average Bonchev–Trinajstić information content (AvgIpc) is 3.02. The Bertz CT molecular complexity index is 1670. The highest BCUT2D eigenvalue weighted by atomic mass is 35.5. The van der Waals surface area contributed by atoms with Crippen LogP contribution >= 0.6 is 18.9 Å². The normalized spacial score (nSPS) is 12.1. The van der Waals surface area contributed by atoms with Crippen molar-refractivity contribution in [1.82, 2.24) is 0 Å². The maximum absolute atomic E-state index is 13.4. The molecule has 0 aliphatic rings. The Balaban J connectivity index is 1.70. The van der Waals surface area contributed by atoms with Crippen LogP contribution in [0.3, 0.4) is 0 Å². The SMILES string of the molecule is O=C(Nc1cc(Cl)c(Oc2ccc(C(F)(F)F)cc2)cc1C[P+](c1ccccc1)(c1ccccc1)c1ccccc1)C(F)(F)F. The van der Waals surface area contributed by atoms with Crippen LogP contribution in [0.15, 0.2) is 127 Å². The van der Waals surface area contributed by atoms with E-state index in [2.05, 4.69) is 0 Å². The lowest BCUT2D eigenvalue weighted by molar-refractivity contribution is -0.167. The molecule has 5 aromatic rings. The van der Waals surface area contributed by atoms with Gasteiger partial charge in [-0.2, -0.15) is 26.3 Å². The molecule has 5 aromatic carbocycles. The summed E-state index contributed by atoms with van der Waals surface area (Å²) in [6.45, 7) is 0. The summed E-state index contributed by atoms with van der Waals surface area (Å²) in [6.07, 6.45) is -9.59. The summed E-state index contributed by atoms with van der Waals surface area (Å²) in [7, 11) is -2.69. The third-order valence-corrected chi connectivity index (χ3v) is 11.7. The van der Waals surface area contributed by atoms with Crippen LogP contribution in [-0.2, 0) is 17.1 Å². The predicted octanol–water partition coefficient (Wildman–Crippen LogP) is 9.15. The van der Waals surface area contributed by atoms with Gasteiger partial charge in [0, 0.05) is 11.3 Å². The zero-order valence-corrected chi connectivity index (χ0v) is 24.9. The number of carbonyl (C=O) groups is 1. The highest BCUT2D eigenvalue weighted by molar-refractivity contribution is 7.95. The van der Waals surface area contributed by atoms with Crippen molar-refractivity contribution in [2.45, 2.75) is 18.5 Å². The van der Waals surface area contributed by atoms with Crippen molar-refractivity contribution in [3.8, 4) is 11.5 Å². The van der Waals surface area contributed by atoms with Gasteiger partial charge in [0.25, 0.3) is 0 Å². The van der Waals surface area contributed by atoms with Crippen LogP contribution in [0.2, 0.25) is 5.02 Å². The maximum Gasteiger partial charge on any atom is 0.471 e. The molecule has 5 rings (SSSR count). The number of ether oxygens (including phenoxy) is 1. The zero-order chi connectivity index (χ0) is 32.2. The second-order valence-corrected chi connectivity index (χ2v) is 13.9. The number of anilines is 1. The summed E-state index contributed by atoms with van der Waals surface area (Å²) in [5, 5.41) is 4.60. The van der Waals surface area contributed by atoms with E-state index in [0.717, 1.165) is 46.2 Å². The molecule has 0 fully saturated rings. The van der Waals surface area contributed by atoms with Gasteiger partial charge in [0.2, 0.25) is 0 Å². The minimum Gasteiger partial charge on any atom is -0.456 e. The molecule has 0 unspecified atom stereocenters. The first kappa shape index (κ1) is 32.1. The van der Waals surface area contributed by atoms with Crippen LogP contribution in [-0.4, -0.2) is 12.1 Å². The number of hydrogen-bond donors (Lipinski definition) is 1. The van der Waals surface area contributed by atoms with Crippen molar-refractivity contribution in [3.63, 3.8) is 0 Å². The highest BCUT2D eigenvalue weighted by Crippen LogP contribution is 2.59. The fraction of sp³-hybridized carbons (Fsp3) is 0.0882. The number of benzene rings is 5. The van der Waals surface area contributed by atoms with Gasteiger partial charge >= 0.3 is 18.3 Å². The first-order valence-electron chi connectivity index (χ1n) is 13.5. The van der Waals surface area contributed by atoms with E-state index in [-0.39, 0.29) is 33.9 Å². The Kier molecular flexibility index (Phi) is 9.23. The fourth-order valence-electron chi connectivity index (χ4n) is 4.98. The van der Waals surface area contributed by atoms with Crippen LogP contribution in [0, 0.1) is 0 Å². The summed E-state index contributed by atoms with van der Waals surface area (Å²) in [5.74, 6) is -2.17. The van der Waals surface area contributed by atoms with Crippen LogP contribution in [0.5, 0.6) is 11.5 Å². The van der Waals surface area contributed by atoms with E-state index in [9.17, 15) is 31.1 Å². The fourth-order valence-corrected chi connectivity index (χ4v) is 9.44. The van der Waals surface area contributed by atoms with Crippen molar-refractivity contribution in [3.05, 3.63) is 144 Å². The molecule has 45 heavy (non-hydrogen) atoms. The molecule has 0 atom stereocenters. The molecule has 0 heterocycles. The molecule has 0 radical (unpaired) electrons. The van der Waals surface area contributed by atoms with E-state index in [1.54, 1.807) is 0 Å². The molecule has 1 amide bonds. The molecule has 0 saturated heterocycles. The number of alkyl halides is 6. The van der Waals surface area contributed by atoms with Gasteiger partial charge in [0.15, 0.2) is 0 Å². The smallest absolute Gasteiger partial charge is 0.456 e. The van der Waals surface area contributed by atoms with Crippen molar-refractivity contribution < 1.29 is 35.9 Å². The van der Waals surface area contributed by atoms with Crippen LogP contribution in [0.4, 0.5) is 32.0 Å². The standard InChI is InChI=1S/C34H23ClF6NO2P/c35-29-21-30(42-32(43)34(39,40)41)23(20-31(29)44-25-18-16-24(17-19-25)33(36,37)38)22-45(26-10-4-1-5-11-26,27-12-6-2-7-13-27)28-14-8-3-9-15-28/h1-21H,22H2/p+1. The maximum atomic E-state index is 13.4. The lowest BCUT2D eigenvalue weighted by Crippen LogP contribution is -2.33. The van der Waals surface area contributed by atoms with Gasteiger partial charge in [-0.1, -0.05) is 66.2 Å². The van der Waals surface area contributed by atoms with Crippen molar-refractivity contribution in [2.75, 3.05) is 5.32 Å². The van der Waals surface area contributed by atoms with Crippen molar-refractivity contribution in [1.29, 1.82) is 0 Å². The van der Waals surface area contributed by atoms with Crippen molar-refractivity contribution in [2.24, 2.45) is 0 Å². The lowest BCUT2D eigenvalue weighted by atomic mass is 10.1. The summed E-state index contributed by atoms with van der Waals surface area (Å²) in [4.78, 5) is 12.2. The van der Waals surface area contributed by atoms with Gasteiger partial charge in [-0.15, -0.1) is 0 Å². The molecule has 230 valence electrons. The van der Waals surface area contributed by atoms with Crippen molar-refractivity contribution >= 4 is 46.4 Å². The van der Waals surface area contributed by atoms with E-state index in [0.29, 0.717) is 0 Å². The molecule has 11 heteroatoms. The van der Waals surface area contributed by atoms with Crippen LogP contribution in [0.25, 0.3) is 0 Å². The number of amides is 1. The van der Waals surface area contributed by atoms with Gasteiger partial charge in [-0.3, -0.25) is 4.79 Å². The lowest BCUT2D eigenvalue weighted by Gasteiger charge is -2.29. The third-order valence-electron chi connectivity index (χ3n) is 7.07. The van der Waals surface area contributed by atoms with Gasteiger partial charge in [0.1, 0.15) is 40.8 Å². The monoisotopic (exact) mass is 658 g/mol. The summed E-state index contributed by atoms with van der Waals surface area (Å²) >= 11 is 6.45. The van der Waals surface area contributed by atoms with Gasteiger partial charge in [0.05, 0.1) is 10.6 Å². The van der Waals surface area contributed by atoms with E-state index >= 15 is 0 Å². The van der Waals surface area contributed by atoms with Gasteiger partial charge < -0.3 is 10.1 Å². The Morgan fingerprint density at radius 1 is 0.689 bits per heavy atom. The first-order chi connectivity index (χ1) is 21.4. The number of nitrogens with one attached hydrogen (secondary N) is 1. The number of rotatable bonds is 8. The molecule has 1 N–H and O–H groups in total. The topological polar surface area (TPSA) is 38.3 Å². The number of halogens is 7. The quantitative estimate of drug-likeness (QED) is 0.133. The number of carbonyl (C=O) groups excluding carboxylic acids is 1. The van der Waals surface area contributed by atoms with E-state index in [1.807, 2.05) is 96.3 Å². The van der Waals surface area contributed by atoms with Crippen LogP contribution in [0.1, 0.15) is 11.1 Å². The molecule has 0 aromatic heterocycles. The second kappa shape index (κ2) is 13.0. The molecule has 0 saturated carbocycles. The minimum absolute atomic E-state index is 0.0104. The molecular weight excluding hydrogens is 635 g/mol. The Hall–Kier alpha value is -4.33. The first-order valence-corrected chi connectivity index (χ1v) is 15.8. The molecule has 3 nitrogen and oxygen atoms in total. The molecule has 0 spiro atoms. The largest absolute Gasteiger partial charge is 0.471 e. The summed E-state index contributed by atoms with van der Waals surface area (Å²) < 4.78 is 85.5. The van der Waals surface area contributed by atoms with E-state index in [1.165, 1.54) is 6.07 Å². The van der Waals surface area contributed by atoms with Crippen LogP contribution < -0.4 is 26.0 Å². The zero-order valence-electron chi connectivity index (χ0n) is 23.2. The Morgan fingerprint density at radius 3 is 1.58 bits per heavy atom. The molecule has 0 aliphatic heterocycles. The highest BCUT2D eigenvalue weighted by Gasteiger charge is 2.47. The van der Waals surface area contributed by atoms with Gasteiger partial charge in [-0.05, 0) is 72.8 Å². The predicted molar refractivity (Wildman–Crippen MR) is 167 cm³/mol. The third kappa shape index (κ3) is 7.16. The molecule has 0 aliphatic carbocycles. The van der Waals surface area contributed by atoms with E-state index in [4.69, 9.17) is 16.3 Å². The molecular formula is C34H24ClF6NO2P+. The summed E-state index contributed by atoms with van der Waals surface area (Å²) in [6, 6.07) is 35.1. The second-order valence-electron chi connectivity index (χ2n) is 9.99. The Morgan fingerprint density at radius 2 is 1.16 bits per heavy atom. The van der Waals surface area contributed by atoms with E-state index < -0.39 is 31.1 Å². The number of hydrogen-bond acceptors (Lipinski definition) is 2. The average molecular weight is 659 g/mol.